The van der Waals surface area contributed by atoms with Gasteiger partial charge >= 0.3 is 0 Å². The summed E-state index contributed by atoms with van der Waals surface area (Å²) in [6.45, 7) is 2.14. The maximum atomic E-state index is 14.1. The zero-order valence-electron chi connectivity index (χ0n) is 18.5. The van der Waals surface area contributed by atoms with Crippen molar-refractivity contribution in [3.8, 4) is 17.0 Å². The van der Waals surface area contributed by atoms with Crippen LogP contribution < -0.4 is 21.1 Å². The Morgan fingerprint density at radius 1 is 1.20 bits per heavy atom. The predicted molar refractivity (Wildman–Crippen MR) is 126 cm³/mol. The Morgan fingerprint density at radius 2 is 2.09 bits per heavy atom. The fourth-order valence-electron chi connectivity index (χ4n) is 4.12. The highest BCUT2D eigenvalue weighted by Gasteiger charge is 2.23. The van der Waals surface area contributed by atoms with Crippen molar-refractivity contribution in [2.75, 3.05) is 17.6 Å². The summed E-state index contributed by atoms with van der Waals surface area (Å²) in [6.07, 6.45) is 3.71. The summed E-state index contributed by atoms with van der Waals surface area (Å²) in [5, 5.41) is 10.4. The van der Waals surface area contributed by atoms with Gasteiger partial charge in [0.05, 0.1) is 41.9 Å². The van der Waals surface area contributed by atoms with Crippen LogP contribution in [0, 0.1) is 5.82 Å². The van der Waals surface area contributed by atoms with Gasteiger partial charge in [-0.25, -0.2) is 19.3 Å². The number of aromatic amines is 1. The quantitative estimate of drug-likeness (QED) is 0.290. The molecule has 1 amide bonds. The van der Waals surface area contributed by atoms with Gasteiger partial charge in [-0.15, -0.1) is 0 Å². The Labute approximate surface area is 197 Å². The van der Waals surface area contributed by atoms with Crippen molar-refractivity contribution in [2.24, 2.45) is 0 Å². The van der Waals surface area contributed by atoms with Crippen molar-refractivity contribution in [1.82, 2.24) is 34.9 Å². The second kappa shape index (κ2) is 7.94. The number of hydrogen-bond donors (Lipinski definition) is 4. The number of ether oxygens (including phenoxy) is 1. The van der Waals surface area contributed by atoms with Crippen LogP contribution in [0.1, 0.15) is 22.8 Å². The molecule has 1 aromatic carbocycles. The molecule has 11 nitrogen and oxygen atoms in total. The van der Waals surface area contributed by atoms with Crippen molar-refractivity contribution >= 4 is 34.2 Å². The minimum atomic E-state index is -0.495. The second-order valence-corrected chi connectivity index (χ2v) is 8.26. The normalized spacial score (nSPS) is 16.1. The van der Waals surface area contributed by atoms with E-state index in [9.17, 15) is 9.18 Å². The lowest BCUT2D eigenvalue weighted by molar-refractivity contribution is 0.0932. The highest BCUT2D eigenvalue weighted by Crippen LogP contribution is 2.35. The first-order valence-electron chi connectivity index (χ1n) is 10.9. The molecule has 5 aromatic rings. The van der Waals surface area contributed by atoms with Gasteiger partial charge in [-0.05, 0) is 30.7 Å². The number of nitrogens with zero attached hydrogens (tertiary/aromatic N) is 5. The van der Waals surface area contributed by atoms with Gasteiger partial charge in [-0.1, -0.05) is 6.07 Å². The number of anilines is 2. The number of pyridine rings is 1. The number of carbonyl (C=O) groups excluding carboxylic acids is 1. The van der Waals surface area contributed by atoms with Crippen molar-refractivity contribution in [3.63, 3.8) is 0 Å². The summed E-state index contributed by atoms with van der Waals surface area (Å²) in [6, 6.07) is 6.99. The Bertz CT molecular complexity index is 1610. The Kier molecular flexibility index (Phi) is 4.73. The number of nitrogens with two attached hydrogens (primary N) is 1. The molecule has 35 heavy (non-hydrogen) atoms. The molecule has 12 heteroatoms. The topological polar surface area (TPSA) is 148 Å². The van der Waals surface area contributed by atoms with Crippen LogP contribution in [0.3, 0.4) is 0 Å². The SMILES string of the molecule is C[C@H]1CNC(=O)c2cnn3c(N)c(-c4ccc5nc[nH]c5c4)c(nc23)NCc2cc(F)cnc2O1. The maximum absolute atomic E-state index is 14.1. The van der Waals surface area contributed by atoms with Gasteiger partial charge in [-0.3, -0.25) is 4.79 Å². The highest BCUT2D eigenvalue weighted by atomic mass is 19.1. The van der Waals surface area contributed by atoms with Crippen LogP contribution >= 0.6 is 0 Å². The smallest absolute Gasteiger partial charge is 0.256 e. The summed E-state index contributed by atoms with van der Waals surface area (Å²) in [5.74, 6) is 0.0765. The molecule has 176 valence electrons. The average Bonchev–Trinajstić information content (AvgIpc) is 3.49. The molecule has 5 heterocycles. The van der Waals surface area contributed by atoms with E-state index in [1.165, 1.54) is 16.8 Å². The lowest BCUT2D eigenvalue weighted by Crippen LogP contribution is -2.33. The van der Waals surface area contributed by atoms with Crippen LogP contribution in [0.15, 0.2) is 43.0 Å². The van der Waals surface area contributed by atoms with Crippen molar-refractivity contribution in [3.05, 3.63) is 59.9 Å². The number of amides is 1. The third-order valence-electron chi connectivity index (χ3n) is 5.84. The summed E-state index contributed by atoms with van der Waals surface area (Å²) < 4.78 is 21.4. The number of hydrogen-bond acceptors (Lipinski definition) is 8. The van der Waals surface area contributed by atoms with Gasteiger partial charge in [0.1, 0.15) is 29.1 Å². The fraction of sp³-hybridized carbons (Fsp3) is 0.174. The van der Waals surface area contributed by atoms with E-state index in [-0.39, 0.29) is 36.3 Å². The summed E-state index contributed by atoms with van der Waals surface area (Å²) in [5.41, 5.74) is 10.6. The van der Waals surface area contributed by atoms with Crippen LogP contribution in [-0.2, 0) is 6.54 Å². The van der Waals surface area contributed by atoms with Gasteiger partial charge in [0, 0.05) is 12.1 Å². The number of aromatic nitrogens is 6. The molecule has 6 rings (SSSR count). The molecular weight excluding hydrogens is 453 g/mol. The fourth-order valence-corrected chi connectivity index (χ4v) is 4.12. The Morgan fingerprint density at radius 3 is 2.97 bits per heavy atom. The standard InChI is InChI=1S/C23H20FN9O2/c1-11-6-27-22(34)15-9-31-33-19(25)18(12-2-3-16-17(5-12)30-10-29-16)20(32-21(15)33)26-7-13-4-14(24)8-28-23(13)35-11/h2-5,8-11H,6-7,25H2,1H3,(H,26,32)(H,27,34)(H,29,30)/t11-/m0/s1. The van der Waals surface area contributed by atoms with Crippen molar-refractivity contribution in [2.45, 2.75) is 19.6 Å². The van der Waals surface area contributed by atoms with Crippen molar-refractivity contribution in [1.29, 1.82) is 0 Å². The van der Waals surface area contributed by atoms with E-state index in [1.54, 1.807) is 13.3 Å². The summed E-state index contributed by atoms with van der Waals surface area (Å²) in [4.78, 5) is 29.1. The molecule has 4 aromatic heterocycles. The lowest BCUT2D eigenvalue weighted by atomic mass is 10.1. The number of benzene rings is 1. The van der Waals surface area contributed by atoms with Crippen LogP contribution in [0.4, 0.5) is 16.0 Å². The van der Waals surface area contributed by atoms with Crippen LogP contribution in [0.5, 0.6) is 5.88 Å². The number of rotatable bonds is 1. The second-order valence-electron chi connectivity index (χ2n) is 8.26. The van der Waals surface area contributed by atoms with E-state index in [0.29, 0.717) is 22.6 Å². The number of halogens is 1. The molecule has 1 aliphatic rings. The molecule has 0 fully saturated rings. The summed E-state index contributed by atoms with van der Waals surface area (Å²) in [7, 11) is 0. The number of nitrogen functional groups attached to an aromatic ring is 1. The first kappa shape index (κ1) is 20.8. The molecule has 1 atom stereocenters. The number of fused-ring (bicyclic) bond motifs is 3. The molecule has 5 N–H and O–H groups in total. The van der Waals surface area contributed by atoms with E-state index in [2.05, 4.69) is 30.7 Å². The minimum absolute atomic E-state index is 0.152. The van der Waals surface area contributed by atoms with E-state index >= 15 is 0 Å². The zero-order valence-corrected chi connectivity index (χ0v) is 18.5. The molecule has 0 saturated carbocycles. The van der Waals surface area contributed by atoms with Gasteiger partial charge in [0.15, 0.2) is 5.65 Å². The molecule has 0 spiro atoms. The van der Waals surface area contributed by atoms with E-state index in [0.717, 1.165) is 22.8 Å². The van der Waals surface area contributed by atoms with Crippen molar-refractivity contribution < 1.29 is 13.9 Å². The summed E-state index contributed by atoms with van der Waals surface area (Å²) >= 11 is 0. The predicted octanol–water partition coefficient (Wildman–Crippen LogP) is 2.51. The zero-order chi connectivity index (χ0) is 24.1. The first-order chi connectivity index (χ1) is 17.0. The molecule has 0 aliphatic carbocycles. The average molecular weight is 473 g/mol. The molecule has 2 bridgehead atoms. The molecular formula is C23H20FN9O2. The van der Waals surface area contributed by atoms with E-state index in [4.69, 9.17) is 15.5 Å². The molecule has 0 radical (unpaired) electrons. The number of H-pyrrole nitrogens is 1. The molecule has 1 aliphatic heterocycles. The van der Waals surface area contributed by atoms with E-state index < -0.39 is 11.9 Å². The lowest BCUT2D eigenvalue weighted by Gasteiger charge is -2.18. The van der Waals surface area contributed by atoms with Crippen LogP contribution in [0.2, 0.25) is 0 Å². The molecule has 0 saturated heterocycles. The third-order valence-corrected chi connectivity index (χ3v) is 5.84. The number of imidazole rings is 1. The van der Waals surface area contributed by atoms with Gasteiger partial charge in [0.25, 0.3) is 5.91 Å². The highest BCUT2D eigenvalue weighted by molar-refractivity contribution is 6.01. The number of nitrogens with one attached hydrogen (secondary N) is 3. The third kappa shape index (κ3) is 3.55. The monoisotopic (exact) mass is 473 g/mol. The Balaban J connectivity index is 1.56. The Hall–Kier alpha value is -4.74. The maximum Gasteiger partial charge on any atom is 0.256 e. The molecule has 0 unspecified atom stereocenters. The first-order valence-corrected chi connectivity index (χ1v) is 10.9. The van der Waals surface area contributed by atoms with E-state index in [1.807, 2.05) is 18.2 Å². The largest absolute Gasteiger partial charge is 0.473 e. The van der Waals surface area contributed by atoms with Crippen LogP contribution in [-0.4, -0.2) is 48.1 Å². The minimum Gasteiger partial charge on any atom is -0.473 e. The van der Waals surface area contributed by atoms with Gasteiger partial charge in [0.2, 0.25) is 5.88 Å². The van der Waals surface area contributed by atoms with Gasteiger partial charge in [-0.2, -0.15) is 9.61 Å². The van der Waals surface area contributed by atoms with Crippen LogP contribution in [0.25, 0.3) is 27.8 Å². The number of carbonyl (C=O) groups is 1. The van der Waals surface area contributed by atoms with Gasteiger partial charge < -0.3 is 26.1 Å².